The van der Waals surface area contributed by atoms with Crippen LogP contribution in [0.5, 0.6) is 5.75 Å². The molecule has 3 rings (SSSR count). The van der Waals surface area contributed by atoms with Crippen molar-refractivity contribution in [3.05, 3.63) is 45.1 Å². The number of nitrogens with zero attached hydrogens (tertiary/aromatic N) is 2. The van der Waals surface area contributed by atoms with Crippen LogP contribution >= 0.6 is 22.9 Å². The van der Waals surface area contributed by atoms with Gasteiger partial charge in [0.1, 0.15) is 5.75 Å². The number of halogens is 1. The first kappa shape index (κ1) is 19.5. The molecule has 1 aliphatic heterocycles. The normalized spacial score (nSPS) is 14.2. The van der Waals surface area contributed by atoms with Crippen LogP contribution in [0.25, 0.3) is 0 Å². The molecule has 0 spiro atoms. The summed E-state index contributed by atoms with van der Waals surface area (Å²) in [5, 5.41) is 5.65. The molecule has 144 valence electrons. The number of hydrogen-bond acceptors (Lipinski definition) is 5. The lowest BCUT2D eigenvalue weighted by Crippen LogP contribution is -2.51. The number of anilines is 1. The molecule has 8 heteroatoms. The maximum Gasteiger partial charge on any atom is 0.264 e. The fraction of sp³-hybridized carbons (Fsp3) is 0.368. The van der Waals surface area contributed by atoms with Crippen LogP contribution in [0.3, 0.4) is 0 Å². The largest absolute Gasteiger partial charge is 0.495 e. The van der Waals surface area contributed by atoms with Gasteiger partial charge in [-0.2, -0.15) is 0 Å². The van der Waals surface area contributed by atoms with Crippen molar-refractivity contribution in [2.75, 3.05) is 45.2 Å². The van der Waals surface area contributed by atoms with Crippen LogP contribution in [0.15, 0.2) is 29.6 Å². The van der Waals surface area contributed by atoms with Gasteiger partial charge in [-0.05, 0) is 30.0 Å². The SMILES string of the molecule is COc1cc(Cl)c(C)cc1NCC(=O)N1CCN(C(=O)c2cccs2)CC1. The summed E-state index contributed by atoms with van der Waals surface area (Å²) in [6, 6.07) is 7.30. The molecule has 0 saturated carbocycles. The number of piperazine rings is 1. The van der Waals surface area contributed by atoms with E-state index < -0.39 is 0 Å². The minimum Gasteiger partial charge on any atom is -0.495 e. The zero-order chi connectivity index (χ0) is 19.4. The number of amides is 2. The number of benzene rings is 1. The summed E-state index contributed by atoms with van der Waals surface area (Å²) < 4.78 is 5.32. The van der Waals surface area contributed by atoms with E-state index in [0.717, 1.165) is 16.1 Å². The smallest absolute Gasteiger partial charge is 0.264 e. The van der Waals surface area contributed by atoms with E-state index in [-0.39, 0.29) is 18.4 Å². The van der Waals surface area contributed by atoms with Gasteiger partial charge in [0.25, 0.3) is 5.91 Å². The maximum atomic E-state index is 12.5. The Labute approximate surface area is 167 Å². The number of carbonyl (C=O) groups is 2. The van der Waals surface area contributed by atoms with Crippen molar-refractivity contribution in [2.24, 2.45) is 0 Å². The Morgan fingerprint density at radius 3 is 2.56 bits per heavy atom. The maximum absolute atomic E-state index is 12.5. The van der Waals surface area contributed by atoms with E-state index >= 15 is 0 Å². The first-order chi connectivity index (χ1) is 13.0. The zero-order valence-electron chi connectivity index (χ0n) is 15.3. The van der Waals surface area contributed by atoms with Gasteiger partial charge in [-0.3, -0.25) is 9.59 Å². The lowest BCUT2D eigenvalue weighted by atomic mass is 10.2. The number of rotatable bonds is 5. The monoisotopic (exact) mass is 407 g/mol. The second-order valence-electron chi connectivity index (χ2n) is 6.31. The van der Waals surface area contributed by atoms with Crippen molar-refractivity contribution in [2.45, 2.75) is 6.92 Å². The van der Waals surface area contributed by atoms with Gasteiger partial charge in [-0.25, -0.2) is 0 Å². The molecule has 1 fully saturated rings. The van der Waals surface area contributed by atoms with Crippen LogP contribution < -0.4 is 10.1 Å². The number of aryl methyl sites for hydroxylation is 1. The van der Waals surface area contributed by atoms with Gasteiger partial charge in [-0.15, -0.1) is 11.3 Å². The van der Waals surface area contributed by atoms with Crippen LogP contribution in [0.4, 0.5) is 5.69 Å². The number of carbonyl (C=O) groups excluding carboxylic acids is 2. The number of ether oxygens (including phenoxy) is 1. The van der Waals surface area contributed by atoms with E-state index in [1.807, 2.05) is 30.5 Å². The number of methoxy groups -OCH3 is 1. The molecule has 2 aromatic rings. The number of nitrogens with one attached hydrogen (secondary N) is 1. The summed E-state index contributed by atoms with van der Waals surface area (Å²) in [6.07, 6.45) is 0. The molecule has 0 atom stereocenters. The van der Waals surface area contributed by atoms with Crippen LogP contribution in [-0.2, 0) is 4.79 Å². The first-order valence-electron chi connectivity index (χ1n) is 8.68. The van der Waals surface area contributed by atoms with Crippen molar-refractivity contribution in [1.29, 1.82) is 0 Å². The summed E-state index contributed by atoms with van der Waals surface area (Å²) in [6.45, 7) is 4.23. The number of thiophene rings is 1. The van der Waals surface area contributed by atoms with Crippen molar-refractivity contribution in [1.82, 2.24) is 9.80 Å². The minimum absolute atomic E-state index is 0.00659. The topological polar surface area (TPSA) is 61.9 Å². The molecule has 6 nitrogen and oxygen atoms in total. The predicted molar refractivity (Wildman–Crippen MR) is 108 cm³/mol. The van der Waals surface area contributed by atoms with Gasteiger partial charge < -0.3 is 19.9 Å². The third-order valence-electron chi connectivity index (χ3n) is 4.56. The molecule has 1 aromatic carbocycles. The van der Waals surface area contributed by atoms with Crippen molar-refractivity contribution >= 4 is 40.4 Å². The summed E-state index contributed by atoms with van der Waals surface area (Å²) in [7, 11) is 1.57. The summed E-state index contributed by atoms with van der Waals surface area (Å²) in [5.41, 5.74) is 1.65. The van der Waals surface area contributed by atoms with Crippen LogP contribution in [0.2, 0.25) is 5.02 Å². The Morgan fingerprint density at radius 1 is 1.22 bits per heavy atom. The minimum atomic E-state index is -0.00659. The highest BCUT2D eigenvalue weighted by molar-refractivity contribution is 7.12. The zero-order valence-corrected chi connectivity index (χ0v) is 16.9. The van der Waals surface area contributed by atoms with Gasteiger partial charge in [0, 0.05) is 37.3 Å². The average Bonchev–Trinajstić information content (AvgIpc) is 3.22. The quantitative estimate of drug-likeness (QED) is 0.827. The Bertz CT molecular complexity index is 818. The van der Waals surface area contributed by atoms with Crippen molar-refractivity contribution < 1.29 is 14.3 Å². The average molecular weight is 408 g/mol. The summed E-state index contributed by atoms with van der Waals surface area (Å²) in [4.78, 5) is 29.2. The number of hydrogen-bond donors (Lipinski definition) is 1. The second kappa shape index (κ2) is 8.63. The molecule has 1 aromatic heterocycles. The Morgan fingerprint density at radius 2 is 1.93 bits per heavy atom. The standard InChI is InChI=1S/C19H22ClN3O3S/c1-13-10-15(16(26-2)11-14(13)20)21-12-18(24)22-5-7-23(8-6-22)19(25)17-4-3-9-27-17/h3-4,9-11,21H,5-8,12H2,1-2H3. The van der Waals surface area contributed by atoms with Crippen LogP contribution in [-0.4, -0.2) is 61.4 Å². The van der Waals surface area contributed by atoms with Gasteiger partial charge in [0.2, 0.25) is 5.91 Å². The summed E-state index contributed by atoms with van der Waals surface area (Å²) >= 11 is 7.55. The first-order valence-corrected chi connectivity index (χ1v) is 9.94. The molecule has 1 aliphatic rings. The predicted octanol–water partition coefficient (Wildman–Crippen LogP) is 3.12. The molecule has 0 unspecified atom stereocenters. The van der Waals surface area contributed by atoms with Crippen LogP contribution in [0.1, 0.15) is 15.2 Å². The molecule has 0 bridgehead atoms. The van der Waals surface area contributed by atoms with E-state index in [4.69, 9.17) is 16.3 Å². The Kier molecular flexibility index (Phi) is 6.23. The van der Waals surface area contributed by atoms with Gasteiger partial charge in [0.15, 0.2) is 0 Å². The third kappa shape index (κ3) is 4.54. The molecule has 1 saturated heterocycles. The molecule has 1 N–H and O–H groups in total. The van der Waals surface area contributed by atoms with Crippen LogP contribution in [0, 0.1) is 6.92 Å². The van der Waals surface area contributed by atoms with Crippen molar-refractivity contribution in [3.63, 3.8) is 0 Å². The molecule has 2 heterocycles. The van der Waals surface area contributed by atoms with E-state index in [2.05, 4.69) is 5.32 Å². The molecule has 0 aliphatic carbocycles. The fourth-order valence-electron chi connectivity index (χ4n) is 2.97. The lowest BCUT2D eigenvalue weighted by Gasteiger charge is -2.34. The summed E-state index contributed by atoms with van der Waals surface area (Å²) in [5.74, 6) is 0.634. The van der Waals surface area contributed by atoms with E-state index in [1.165, 1.54) is 11.3 Å². The lowest BCUT2D eigenvalue weighted by molar-refractivity contribution is -0.130. The highest BCUT2D eigenvalue weighted by Crippen LogP contribution is 2.30. The van der Waals surface area contributed by atoms with E-state index in [1.54, 1.807) is 23.0 Å². The molecule has 27 heavy (non-hydrogen) atoms. The Balaban J connectivity index is 1.53. The third-order valence-corrected chi connectivity index (χ3v) is 5.83. The van der Waals surface area contributed by atoms with Gasteiger partial charge >= 0.3 is 0 Å². The molecule has 2 amide bonds. The molecule has 0 radical (unpaired) electrons. The highest BCUT2D eigenvalue weighted by atomic mass is 35.5. The Hall–Kier alpha value is -2.25. The van der Waals surface area contributed by atoms with Crippen molar-refractivity contribution in [3.8, 4) is 5.75 Å². The fourth-order valence-corrected chi connectivity index (χ4v) is 3.81. The second-order valence-corrected chi connectivity index (χ2v) is 7.66. The molecular weight excluding hydrogens is 386 g/mol. The molecular formula is C19H22ClN3O3S. The van der Waals surface area contributed by atoms with E-state index in [0.29, 0.717) is 37.0 Å². The van der Waals surface area contributed by atoms with Gasteiger partial charge in [-0.1, -0.05) is 17.7 Å². The van der Waals surface area contributed by atoms with E-state index in [9.17, 15) is 9.59 Å². The van der Waals surface area contributed by atoms with Gasteiger partial charge in [0.05, 0.1) is 24.2 Å². The highest BCUT2D eigenvalue weighted by Gasteiger charge is 2.25.